The molecule has 3 heterocycles. The van der Waals surface area contributed by atoms with E-state index in [1.54, 1.807) is 6.20 Å². The van der Waals surface area contributed by atoms with E-state index in [2.05, 4.69) is 33.2 Å². The molecule has 2 aromatic rings. The van der Waals surface area contributed by atoms with Gasteiger partial charge in [0, 0.05) is 18.4 Å². The number of carbonyl (C=O) groups is 1. The Kier molecular flexibility index (Phi) is 4.92. The Hall–Kier alpha value is -2.25. The summed E-state index contributed by atoms with van der Waals surface area (Å²) in [6, 6.07) is 7.75. The number of pyridine rings is 1. The van der Waals surface area contributed by atoms with Gasteiger partial charge >= 0.3 is 0 Å². The van der Waals surface area contributed by atoms with Gasteiger partial charge in [-0.1, -0.05) is 6.07 Å². The Labute approximate surface area is 141 Å². The van der Waals surface area contributed by atoms with Gasteiger partial charge in [0.25, 0.3) is 0 Å². The van der Waals surface area contributed by atoms with Crippen LogP contribution < -0.4 is 16.2 Å². The van der Waals surface area contributed by atoms with Gasteiger partial charge in [-0.2, -0.15) is 5.10 Å². The van der Waals surface area contributed by atoms with Gasteiger partial charge in [-0.15, -0.1) is 0 Å². The molecule has 1 fully saturated rings. The van der Waals surface area contributed by atoms with E-state index >= 15 is 0 Å². The van der Waals surface area contributed by atoms with Crippen LogP contribution in [0.15, 0.2) is 30.5 Å². The molecule has 1 aliphatic heterocycles. The number of hydrazine groups is 1. The monoisotopic (exact) mass is 328 g/mol. The van der Waals surface area contributed by atoms with Crippen molar-refractivity contribution in [3.63, 3.8) is 0 Å². The van der Waals surface area contributed by atoms with Crippen LogP contribution in [0, 0.1) is 13.8 Å². The Morgan fingerprint density at radius 2 is 2.25 bits per heavy atom. The number of nitrogens with one attached hydrogen (secondary N) is 3. The van der Waals surface area contributed by atoms with E-state index in [-0.39, 0.29) is 24.0 Å². The molecule has 0 aliphatic carbocycles. The molecule has 3 unspecified atom stereocenters. The highest BCUT2D eigenvalue weighted by atomic mass is 16.2. The molecule has 0 aromatic carbocycles. The van der Waals surface area contributed by atoms with Crippen LogP contribution >= 0.6 is 0 Å². The van der Waals surface area contributed by atoms with E-state index in [9.17, 15) is 4.79 Å². The number of nitrogens with zero attached hydrogens (tertiary/aromatic N) is 3. The number of hydrogen-bond acceptors (Lipinski definition) is 5. The summed E-state index contributed by atoms with van der Waals surface area (Å²) >= 11 is 0. The summed E-state index contributed by atoms with van der Waals surface area (Å²) in [6.45, 7) is 6.60. The largest absolute Gasteiger partial charge is 0.353 e. The molecule has 0 radical (unpaired) electrons. The van der Waals surface area contributed by atoms with Gasteiger partial charge in [0.1, 0.15) is 6.04 Å². The fourth-order valence-corrected chi connectivity index (χ4v) is 3.05. The van der Waals surface area contributed by atoms with Crippen LogP contribution in [-0.2, 0) is 4.79 Å². The normalized spacial score (nSPS) is 21.6. The second-order valence-electron chi connectivity index (χ2n) is 6.35. The minimum Gasteiger partial charge on any atom is -0.353 e. The predicted molar refractivity (Wildman–Crippen MR) is 91.1 cm³/mol. The van der Waals surface area contributed by atoms with E-state index in [0.29, 0.717) is 13.0 Å². The number of rotatable bonds is 5. The molecule has 7 heteroatoms. The fraction of sp³-hybridized carbons (Fsp3) is 0.471. The first-order valence-electron chi connectivity index (χ1n) is 8.27. The first kappa shape index (κ1) is 16.6. The number of hydrogen-bond donors (Lipinski definition) is 3. The second kappa shape index (κ2) is 7.11. The third-order valence-corrected chi connectivity index (χ3v) is 4.30. The Morgan fingerprint density at radius 1 is 1.42 bits per heavy atom. The number of amides is 1. The average molecular weight is 328 g/mol. The molecule has 7 nitrogen and oxygen atoms in total. The molecule has 1 aliphatic rings. The van der Waals surface area contributed by atoms with E-state index in [1.807, 2.05) is 42.8 Å². The van der Waals surface area contributed by atoms with E-state index in [1.165, 1.54) is 0 Å². The molecular weight excluding hydrogens is 304 g/mol. The molecule has 3 atom stereocenters. The van der Waals surface area contributed by atoms with Gasteiger partial charge < -0.3 is 5.32 Å². The van der Waals surface area contributed by atoms with Gasteiger partial charge in [0.05, 0.1) is 23.5 Å². The molecule has 128 valence electrons. The summed E-state index contributed by atoms with van der Waals surface area (Å²) in [4.78, 5) is 16.7. The molecule has 3 N–H and O–H groups in total. The average Bonchev–Trinajstić information content (AvgIpc) is 3.20. The summed E-state index contributed by atoms with van der Waals surface area (Å²) in [5.74, 6) is -0.00527. The molecule has 2 aromatic heterocycles. The van der Waals surface area contributed by atoms with Gasteiger partial charge in [0.15, 0.2) is 0 Å². The summed E-state index contributed by atoms with van der Waals surface area (Å²) in [7, 11) is 0. The zero-order valence-corrected chi connectivity index (χ0v) is 14.3. The first-order chi connectivity index (χ1) is 11.5. The van der Waals surface area contributed by atoms with Crippen molar-refractivity contribution in [3.05, 3.63) is 47.5 Å². The van der Waals surface area contributed by atoms with Gasteiger partial charge in [-0.3, -0.25) is 14.5 Å². The highest BCUT2D eigenvalue weighted by Crippen LogP contribution is 2.20. The molecule has 1 saturated heterocycles. The molecule has 24 heavy (non-hydrogen) atoms. The topological polar surface area (TPSA) is 83.9 Å². The SMILES string of the molecule is Cc1cc(C)n(C(C)CNC(=O)C2CC(c3ccccn3)NN2)n1. The van der Waals surface area contributed by atoms with Crippen LogP contribution in [0.1, 0.15) is 42.5 Å². The summed E-state index contributed by atoms with van der Waals surface area (Å²) < 4.78 is 1.95. The maximum absolute atomic E-state index is 12.4. The van der Waals surface area contributed by atoms with Crippen molar-refractivity contribution in [1.82, 2.24) is 30.9 Å². The van der Waals surface area contributed by atoms with Crippen molar-refractivity contribution in [2.45, 2.75) is 45.3 Å². The van der Waals surface area contributed by atoms with Crippen molar-refractivity contribution in [2.24, 2.45) is 0 Å². The van der Waals surface area contributed by atoms with Crippen molar-refractivity contribution < 1.29 is 4.79 Å². The number of aromatic nitrogens is 3. The minimum atomic E-state index is -0.260. The zero-order valence-electron chi connectivity index (χ0n) is 14.3. The standard InChI is InChI=1S/C17H24N6O/c1-11-8-12(2)23(22-11)13(3)10-19-17(24)16-9-15(20-21-16)14-6-4-5-7-18-14/h4-8,13,15-16,20-21H,9-10H2,1-3H3,(H,19,24). The molecule has 1 amide bonds. The molecule has 3 rings (SSSR count). The van der Waals surface area contributed by atoms with Crippen LogP contribution in [0.4, 0.5) is 0 Å². The van der Waals surface area contributed by atoms with Crippen molar-refractivity contribution in [1.29, 1.82) is 0 Å². The van der Waals surface area contributed by atoms with Crippen LogP contribution in [0.3, 0.4) is 0 Å². The van der Waals surface area contributed by atoms with Gasteiger partial charge in [0.2, 0.25) is 5.91 Å². The Bertz CT molecular complexity index is 698. The quantitative estimate of drug-likeness (QED) is 0.768. The van der Waals surface area contributed by atoms with Crippen molar-refractivity contribution >= 4 is 5.91 Å². The lowest BCUT2D eigenvalue weighted by atomic mass is 10.1. The minimum absolute atomic E-state index is 0.00527. The second-order valence-corrected chi connectivity index (χ2v) is 6.35. The molecule has 0 saturated carbocycles. The zero-order chi connectivity index (χ0) is 17.1. The lowest BCUT2D eigenvalue weighted by Crippen LogP contribution is -2.44. The lowest BCUT2D eigenvalue weighted by Gasteiger charge is -2.17. The molecule has 0 bridgehead atoms. The van der Waals surface area contributed by atoms with Gasteiger partial charge in [-0.05, 0) is 45.4 Å². The number of carbonyl (C=O) groups excluding carboxylic acids is 1. The Balaban J connectivity index is 1.52. The van der Waals surface area contributed by atoms with Gasteiger partial charge in [-0.25, -0.2) is 10.9 Å². The number of aryl methyl sites for hydroxylation is 2. The first-order valence-corrected chi connectivity index (χ1v) is 8.27. The van der Waals surface area contributed by atoms with Crippen LogP contribution in [0.5, 0.6) is 0 Å². The smallest absolute Gasteiger partial charge is 0.238 e. The summed E-state index contributed by atoms with van der Waals surface area (Å²) in [5, 5.41) is 7.48. The highest BCUT2D eigenvalue weighted by Gasteiger charge is 2.30. The Morgan fingerprint density at radius 3 is 2.92 bits per heavy atom. The maximum atomic E-state index is 12.4. The van der Waals surface area contributed by atoms with Crippen molar-refractivity contribution in [3.8, 4) is 0 Å². The predicted octanol–water partition coefficient (Wildman–Crippen LogP) is 1.18. The maximum Gasteiger partial charge on any atom is 0.238 e. The third-order valence-electron chi connectivity index (χ3n) is 4.30. The summed E-state index contributed by atoms with van der Waals surface area (Å²) in [6.07, 6.45) is 2.44. The van der Waals surface area contributed by atoms with Crippen LogP contribution in [0.25, 0.3) is 0 Å². The van der Waals surface area contributed by atoms with Crippen LogP contribution in [-0.4, -0.2) is 33.3 Å². The van der Waals surface area contributed by atoms with Crippen LogP contribution in [0.2, 0.25) is 0 Å². The van der Waals surface area contributed by atoms with E-state index in [4.69, 9.17) is 0 Å². The molecule has 0 spiro atoms. The third kappa shape index (κ3) is 3.63. The summed E-state index contributed by atoms with van der Waals surface area (Å²) in [5.41, 5.74) is 9.24. The van der Waals surface area contributed by atoms with E-state index in [0.717, 1.165) is 17.1 Å². The lowest BCUT2D eigenvalue weighted by molar-refractivity contribution is -0.123. The fourth-order valence-electron chi connectivity index (χ4n) is 3.05. The van der Waals surface area contributed by atoms with Crippen molar-refractivity contribution in [2.75, 3.05) is 6.54 Å². The molecular formula is C17H24N6O. The van der Waals surface area contributed by atoms with E-state index < -0.39 is 0 Å². The highest BCUT2D eigenvalue weighted by molar-refractivity contribution is 5.82.